The topological polar surface area (TPSA) is 58.4 Å². The first-order valence-corrected chi connectivity index (χ1v) is 6.16. The van der Waals surface area contributed by atoms with Crippen molar-refractivity contribution in [2.24, 2.45) is 5.73 Å². The van der Waals surface area contributed by atoms with E-state index in [0.29, 0.717) is 30.8 Å². The standard InChI is InChI=1S/C13H18FN3O/c14-13-10(7-15)3-1-4-11(13)8-17-6-2-5-16-12(18)9-17/h1,3-4H,2,5-9,15H2,(H,16,18). The maximum Gasteiger partial charge on any atom is 0.234 e. The largest absolute Gasteiger partial charge is 0.355 e. The molecule has 98 valence electrons. The minimum Gasteiger partial charge on any atom is -0.355 e. The molecule has 0 saturated carbocycles. The highest BCUT2D eigenvalue weighted by atomic mass is 19.1. The van der Waals surface area contributed by atoms with Gasteiger partial charge >= 0.3 is 0 Å². The van der Waals surface area contributed by atoms with Crippen molar-refractivity contribution in [2.75, 3.05) is 19.6 Å². The Bertz CT molecular complexity index is 436. The third kappa shape index (κ3) is 3.05. The van der Waals surface area contributed by atoms with Crippen LogP contribution in [0.15, 0.2) is 18.2 Å². The fourth-order valence-corrected chi connectivity index (χ4v) is 2.16. The van der Waals surface area contributed by atoms with Gasteiger partial charge < -0.3 is 11.1 Å². The van der Waals surface area contributed by atoms with E-state index in [4.69, 9.17) is 5.73 Å². The summed E-state index contributed by atoms with van der Waals surface area (Å²) >= 11 is 0. The third-order valence-electron chi connectivity index (χ3n) is 3.11. The van der Waals surface area contributed by atoms with Crippen LogP contribution in [-0.4, -0.2) is 30.4 Å². The molecule has 4 nitrogen and oxygen atoms in total. The van der Waals surface area contributed by atoms with Crippen molar-refractivity contribution in [3.05, 3.63) is 35.1 Å². The minimum absolute atomic E-state index is 0.00267. The molecule has 1 heterocycles. The second kappa shape index (κ2) is 5.93. The molecule has 1 saturated heterocycles. The number of rotatable bonds is 3. The van der Waals surface area contributed by atoms with Gasteiger partial charge in [-0.25, -0.2) is 4.39 Å². The van der Waals surface area contributed by atoms with Gasteiger partial charge in [0.2, 0.25) is 5.91 Å². The molecule has 0 unspecified atom stereocenters. The smallest absolute Gasteiger partial charge is 0.234 e. The predicted octanol–water partition coefficient (Wildman–Crippen LogP) is 0.606. The van der Waals surface area contributed by atoms with Crippen LogP contribution in [0.5, 0.6) is 0 Å². The maximum absolute atomic E-state index is 14.0. The van der Waals surface area contributed by atoms with E-state index < -0.39 is 0 Å². The lowest BCUT2D eigenvalue weighted by molar-refractivity contribution is -0.121. The van der Waals surface area contributed by atoms with E-state index in [1.54, 1.807) is 18.2 Å². The molecule has 5 heteroatoms. The number of amides is 1. The Morgan fingerprint density at radius 3 is 2.94 bits per heavy atom. The molecule has 3 N–H and O–H groups in total. The Hall–Kier alpha value is -1.46. The Morgan fingerprint density at radius 2 is 2.17 bits per heavy atom. The molecule has 1 aliphatic rings. The molecule has 0 radical (unpaired) electrons. The Morgan fingerprint density at radius 1 is 1.39 bits per heavy atom. The molecule has 1 aromatic carbocycles. The summed E-state index contributed by atoms with van der Waals surface area (Å²) in [5, 5.41) is 2.80. The van der Waals surface area contributed by atoms with E-state index in [1.807, 2.05) is 4.90 Å². The highest BCUT2D eigenvalue weighted by Crippen LogP contribution is 2.15. The van der Waals surface area contributed by atoms with E-state index >= 15 is 0 Å². The normalized spacial score (nSPS) is 17.3. The predicted molar refractivity (Wildman–Crippen MR) is 67.2 cm³/mol. The van der Waals surface area contributed by atoms with Crippen molar-refractivity contribution >= 4 is 5.91 Å². The summed E-state index contributed by atoms with van der Waals surface area (Å²) < 4.78 is 14.0. The van der Waals surface area contributed by atoms with Crippen LogP contribution < -0.4 is 11.1 Å². The number of hydrogen-bond donors (Lipinski definition) is 2. The summed E-state index contributed by atoms with van der Waals surface area (Å²) in [5.74, 6) is -0.243. The van der Waals surface area contributed by atoms with Gasteiger partial charge in [0.15, 0.2) is 0 Å². The Kier molecular flexibility index (Phi) is 4.28. The van der Waals surface area contributed by atoms with Crippen LogP contribution in [0, 0.1) is 5.82 Å². The molecule has 0 spiro atoms. The van der Waals surface area contributed by atoms with Crippen molar-refractivity contribution in [1.29, 1.82) is 0 Å². The second-order valence-corrected chi connectivity index (χ2v) is 4.51. The number of halogens is 1. The lowest BCUT2D eigenvalue weighted by Gasteiger charge is -2.19. The van der Waals surface area contributed by atoms with E-state index in [1.165, 1.54) is 0 Å². The van der Waals surface area contributed by atoms with Crippen LogP contribution in [0.25, 0.3) is 0 Å². The molecular weight excluding hydrogens is 233 g/mol. The number of benzene rings is 1. The van der Waals surface area contributed by atoms with Crippen LogP contribution in [0.1, 0.15) is 17.5 Å². The van der Waals surface area contributed by atoms with Crippen molar-refractivity contribution in [1.82, 2.24) is 10.2 Å². The molecule has 0 atom stereocenters. The Balaban J connectivity index is 2.10. The average molecular weight is 251 g/mol. The summed E-state index contributed by atoms with van der Waals surface area (Å²) in [5.41, 5.74) is 6.61. The number of nitrogens with two attached hydrogens (primary N) is 1. The molecule has 18 heavy (non-hydrogen) atoms. The van der Waals surface area contributed by atoms with Crippen molar-refractivity contribution < 1.29 is 9.18 Å². The van der Waals surface area contributed by atoms with E-state index in [0.717, 1.165) is 13.0 Å². The molecule has 1 aliphatic heterocycles. The average Bonchev–Trinajstić information content (AvgIpc) is 2.56. The first-order chi connectivity index (χ1) is 8.70. The van der Waals surface area contributed by atoms with Gasteiger partial charge in [0.1, 0.15) is 5.82 Å². The van der Waals surface area contributed by atoms with Crippen LogP contribution in [0.2, 0.25) is 0 Å². The molecule has 0 aromatic heterocycles. The van der Waals surface area contributed by atoms with E-state index in [2.05, 4.69) is 5.32 Å². The van der Waals surface area contributed by atoms with Crippen LogP contribution in [0.3, 0.4) is 0 Å². The summed E-state index contributed by atoms with van der Waals surface area (Å²) in [4.78, 5) is 13.4. The van der Waals surface area contributed by atoms with Gasteiger partial charge in [0, 0.05) is 37.3 Å². The Labute approximate surface area is 106 Å². The van der Waals surface area contributed by atoms with Crippen LogP contribution in [0.4, 0.5) is 4.39 Å². The zero-order valence-electron chi connectivity index (χ0n) is 10.3. The van der Waals surface area contributed by atoms with Gasteiger partial charge in [0.25, 0.3) is 0 Å². The van der Waals surface area contributed by atoms with Gasteiger partial charge in [-0.15, -0.1) is 0 Å². The number of hydrogen-bond acceptors (Lipinski definition) is 3. The summed E-state index contributed by atoms with van der Waals surface area (Å²) in [6, 6.07) is 5.24. The SMILES string of the molecule is NCc1cccc(CN2CCCNC(=O)C2)c1F. The quantitative estimate of drug-likeness (QED) is 0.827. The summed E-state index contributed by atoms with van der Waals surface area (Å²) in [7, 11) is 0. The molecule has 2 rings (SSSR count). The fraction of sp³-hybridized carbons (Fsp3) is 0.462. The third-order valence-corrected chi connectivity index (χ3v) is 3.11. The van der Waals surface area contributed by atoms with E-state index in [-0.39, 0.29) is 18.3 Å². The van der Waals surface area contributed by atoms with Crippen molar-refractivity contribution in [3.63, 3.8) is 0 Å². The molecule has 1 aromatic rings. The monoisotopic (exact) mass is 251 g/mol. The molecule has 0 bridgehead atoms. The number of nitrogens with one attached hydrogen (secondary N) is 1. The zero-order chi connectivity index (χ0) is 13.0. The number of carbonyl (C=O) groups excluding carboxylic acids is 1. The van der Waals surface area contributed by atoms with Crippen molar-refractivity contribution in [2.45, 2.75) is 19.5 Å². The maximum atomic E-state index is 14.0. The molecule has 1 fully saturated rings. The molecular formula is C13H18FN3O. The summed E-state index contributed by atoms with van der Waals surface area (Å²) in [6.07, 6.45) is 0.893. The van der Waals surface area contributed by atoms with Crippen LogP contribution >= 0.6 is 0 Å². The van der Waals surface area contributed by atoms with Gasteiger partial charge in [-0.2, -0.15) is 0 Å². The van der Waals surface area contributed by atoms with Crippen molar-refractivity contribution in [3.8, 4) is 0 Å². The van der Waals surface area contributed by atoms with Gasteiger partial charge in [-0.1, -0.05) is 18.2 Å². The highest BCUT2D eigenvalue weighted by molar-refractivity contribution is 5.78. The highest BCUT2D eigenvalue weighted by Gasteiger charge is 2.16. The lowest BCUT2D eigenvalue weighted by Crippen LogP contribution is -2.33. The summed E-state index contributed by atoms with van der Waals surface area (Å²) in [6.45, 7) is 2.46. The number of carbonyl (C=O) groups is 1. The van der Waals surface area contributed by atoms with E-state index in [9.17, 15) is 9.18 Å². The zero-order valence-corrected chi connectivity index (χ0v) is 10.3. The first-order valence-electron chi connectivity index (χ1n) is 6.16. The van der Waals surface area contributed by atoms with Gasteiger partial charge in [-0.3, -0.25) is 9.69 Å². The number of nitrogens with zero attached hydrogens (tertiary/aromatic N) is 1. The molecule has 1 amide bonds. The fourth-order valence-electron chi connectivity index (χ4n) is 2.16. The lowest BCUT2D eigenvalue weighted by atomic mass is 10.1. The van der Waals surface area contributed by atoms with Gasteiger partial charge in [-0.05, 0) is 6.42 Å². The van der Waals surface area contributed by atoms with Gasteiger partial charge in [0.05, 0.1) is 6.54 Å². The second-order valence-electron chi connectivity index (χ2n) is 4.51. The molecule has 0 aliphatic carbocycles. The first kappa shape index (κ1) is 13.0. The minimum atomic E-state index is -0.246. The van der Waals surface area contributed by atoms with Crippen LogP contribution in [-0.2, 0) is 17.9 Å².